The van der Waals surface area contributed by atoms with Crippen LogP contribution in [0, 0.1) is 5.92 Å². The zero-order valence-corrected chi connectivity index (χ0v) is 8.85. The van der Waals surface area contributed by atoms with Crippen molar-refractivity contribution in [2.24, 2.45) is 5.92 Å². The van der Waals surface area contributed by atoms with Crippen LogP contribution in [0.15, 0.2) is 0 Å². The van der Waals surface area contributed by atoms with E-state index in [2.05, 4.69) is 11.8 Å². The van der Waals surface area contributed by atoms with E-state index >= 15 is 0 Å². The molecule has 13 heavy (non-hydrogen) atoms. The van der Waals surface area contributed by atoms with Gasteiger partial charge < -0.3 is 10.0 Å². The van der Waals surface area contributed by atoms with Crippen LogP contribution >= 0.6 is 12.4 Å². The quantitative estimate of drug-likeness (QED) is 0.765. The highest BCUT2D eigenvalue weighted by molar-refractivity contribution is 5.85. The van der Waals surface area contributed by atoms with Gasteiger partial charge in [-0.05, 0) is 31.8 Å². The van der Waals surface area contributed by atoms with E-state index < -0.39 is 5.97 Å². The molecule has 1 aliphatic rings. The van der Waals surface area contributed by atoms with Crippen LogP contribution in [0.3, 0.4) is 0 Å². The van der Waals surface area contributed by atoms with Crippen LogP contribution in [0.2, 0.25) is 0 Å². The zero-order chi connectivity index (χ0) is 8.97. The summed E-state index contributed by atoms with van der Waals surface area (Å²) in [5.41, 5.74) is 0. The van der Waals surface area contributed by atoms with Crippen molar-refractivity contribution >= 4 is 18.4 Å². The van der Waals surface area contributed by atoms with Gasteiger partial charge in [0.15, 0.2) is 0 Å². The highest BCUT2D eigenvalue weighted by atomic mass is 35.5. The molecule has 1 N–H and O–H groups in total. The summed E-state index contributed by atoms with van der Waals surface area (Å²) in [6.45, 7) is 5.30. The number of rotatable bonds is 3. The van der Waals surface area contributed by atoms with E-state index in [9.17, 15) is 4.79 Å². The van der Waals surface area contributed by atoms with Gasteiger partial charge in [0.25, 0.3) is 0 Å². The summed E-state index contributed by atoms with van der Waals surface area (Å²) in [6.07, 6.45) is 2.59. The third-order valence-electron chi connectivity index (χ3n) is 2.51. The number of likely N-dealkylation sites (tertiary alicyclic amines) is 1. The van der Waals surface area contributed by atoms with Crippen LogP contribution < -0.4 is 0 Å². The second kappa shape index (κ2) is 6.22. The Morgan fingerprint density at radius 3 is 2.85 bits per heavy atom. The molecule has 0 saturated carbocycles. The van der Waals surface area contributed by atoms with Gasteiger partial charge >= 0.3 is 5.97 Å². The molecular formula is C9H18ClNO2. The van der Waals surface area contributed by atoms with E-state index in [1.807, 2.05) is 0 Å². The SMILES string of the molecule is CCN1CCCC(CC(=O)O)C1.Cl. The van der Waals surface area contributed by atoms with Gasteiger partial charge in [-0.3, -0.25) is 4.79 Å². The number of nitrogens with zero attached hydrogens (tertiary/aromatic N) is 1. The normalized spacial score (nSPS) is 23.6. The summed E-state index contributed by atoms with van der Waals surface area (Å²) >= 11 is 0. The molecule has 1 aliphatic heterocycles. The van der Waals surface area contributed by atoms with Crippen LogP contribution in [0.25, 0.3) is 0 Å². The molecule has 0 aromatic rings. The van der Waals surface area contributed by atoms with Gasteiger partial charge in [-0.15, -0.1) is 12.4 Å². The zero-order valence-electron chi connectivity index (χ0n) is 8.03. The number of piperidine rings is 1. The number of carbonyl (C=O) groups is 1. The highest BCUT2D eigenvalue weighted by Crippen LogP contribution is 2.18. The molecule has 0 spiro atoms. The lowest BCUT2D eigenvalue weighted by Crippen LogP contribution is -2.35. The van der Waals surface area contributed by atoms with E-state index in [4.69, 9.17) is 5.11 Å². The topological polar surface area (TPSA) is 40.5 Å². The molecule has 1 fully saturated rings. The predicted molar refractivity (Wildman–Crippen MR) is 54.3 cm³/mol. The highest BCUT2D eigenvalue weighted by Gasteiger charge is 2.20. The van der Waals surface area contributed by atoms with Crippen molar-refractivity contribution < 1.29 is 9.90 Å². The molecule has 4 heteroatoms. The lowest BCUT2D eigenvalue weighted by atomic mass is 9.95. The fourth-order valence-electron chi connectivity index (χ4n) is 1.85. The van der Waals surface area contributed by atoms with Gasteiger partial charge in [-0.25, -0.2) is 0 Å². The Morgan fingerprint density at radius 1 is 1.62 bits per heavy atom. The van der Waals surface area contributed by atoms with Crippen LogP contribution in [0.5, 0.6) is 0 Å². The molecule has 0 aliphatic carbocycles. The van der Waals surface area contributed by atoms with Gasteiger partial charge in [0, 0.05) is 13.0 Å². The summed E-state index contributed by atoms with van der Waals surface area (Å²) in [5.74, 6) is -0.269. The average molecular weight is 208 g/mol. The fourth-order valence-corrected chi connectivity index (χ4v) is 1.85. The van der Waals surface area contributed by atoms with E-state index in [0.717, 1.165) is 32.5 Å². The van der Waals surface area contributed by atoms with Gasteiger partial charge in [-0.2, -0.15) is 0 Å². The Kier molecular flexibility index (Phi) is 6.08. The fraction of sp³-hybridized carbons (Fsp3) is 0.889. The van der Waals surface area contributed by atoms with Crippen molar-refractivity contribution in [3.63, 3.8) is 0 Å². The molecule has 0 amide bonds. The predicted octanol–water partition coefficient (Wildman–Crippen LogP) is 1.61. The Bertz CT molecular complexity index is 164. The maximum absolute atomic E-state index is 10.4. The summed E-state index contributed by atoms with van der Waals surface area (Å²) in [4.78, 5) is 12.8. The minimum atomic E-state index is -0.655. The maximum Gasteiger partial charge on any atom is 0.303 e. The summed E-state index contributed by atoms with van der Waals surface area (Å²) in [6, 6.07) is 0. The monoisotopic (exact) mass is 207 g/mol. The largest absolute Gasteiger partial charge is 0.481 e. The third kappa shape index (κ3) is 4.48. The third-order valence-corrected chi connectivity index (χ3v) is 2.51. The number of carboxylic acids is 1. The second-order valence-corrected chi connectivity index (χ2v) is 3.50. The number of aliphatic carboxylic acids is 1. The molecule has 1 atom stereocenters. The van der Waals surface area contributed by atoms with Crippen LogP contribution in [-0.4, -0.2) is 35.6 Å². The molecular weight excluding hydrogens is 190 g/mol. The van der Waals surface area contributed by atoms with Crippen molar-refractivity contribution in [2.75, 3.05) is 19.6 Å². The van der Waals surface area contributed by atoms with Gasteiger partial charge in [0.05, 0.1) is 0 Å². The Morgan fingerprint density at radius 2 is 2.31 bits per heavy atom. The van der Waals surface area contributed by atoms with Gasteiger partial charge in [-0.1, -0.05) is 6.92 Å². The maximum atomic E-state index is 10.4. The molecule has 1 heterocycles. The Labute approximate surface area is 85.5 Å². The number of hydrogen-bond acceptors (Lipinski definition) is 2. The molecule has 1 rings (SSSR count). The number of carboxylic acid groups (broad SMARTS) is 1. The van der Waals surface area contributed by atoms with E-state index in [0.29, 0.717) is 12.3 Å². The first-order valence-corrected chi connectivity index (χ1v) is 4.66. The standard InChI is InChI=1S/C9H17NO2.ClH/c1-2-10-5-3-4-8(7-10)6-9(11)12;/h8H,2-7H2,1H3,(H,11,12);1H. The first-order valence-electron chi connectivity index (χ1n) is 4.66. The lowest BCUT2D eigenvalue weighted by molar-refractivity contribution is -0.138. The van der Waals surface area contributed by atoms with Crippen molar-refractivity contribution in [1.82, 2.24) is 4.90 Å². The van der Waals surface area contributed by atoms with Crippen LogP contribution in [0.4, 0.5) is 0 Å². The molecule has 3 nitrogen and oxygen atoms in total. The summed E-state index contributed by atoms with van der Waals surface area (Å²) < 4.78 is 0. The van der Waals surface area contributed by atoms with E-state index in [1.54, 1.807) is 0 Å². The van der Waals surface area contributed by atoms with Gasteiger partial charge in [0.1, 0.15) is 0 Å². The molecule has 0 bridgehead atoms. The molecule has 1 unspecified atom stereocenters. The van der Waals surface area contributed by atoms with Crippen molar-refractivity contribution in [2.45, 2.75) is 26.2 Å². The second-order valence-electron chi connectivity index (χ2n) is 3.50. The minimum absolute atomic E-state index is 0. The van der Waals surface area contributed by atoms with E-state index in [1.165, 1.54) is 0 Å². The average Bonchev–Trinajstić information content (AvgIpc) is 2.03. The number of hydrogen-bond donors (Lipinski definition) is 1. The first kappa shape index (κ1) is 12.7. The first-order chi connectivity index (χ1) is 5.72. The number of halogens is 1. The summed E-state index contributed by atoms with van der Waals surface area (Å²) in [5, 5.41) is 8.61. The van der Waals surface area contributed by atoms with Gasteiger partial charge in [0.2, 0.25) is 0 Å². The Balaban J connectivity index is 0.00000144. The summed E-state index contributed by atoms with van der Waals surface area (Å²) in [7, 11) is 0. The molecule has 0 aromatic carbocycles. The van der Waals surface area contributed by atoms with Crippen LogP contribution in [-0.2, 0) is 4.79 Å². The molecule has 78 valence electrons. The van der Waals surface area contributed by atoms with Crippen molar-refractivity contribution in [3.8, 4) is 0 Å². The lowest BCUT2D eigenvalue weighted by Gasteiger charge is -2.30. The molecule has 0 aromatic heterocycles. The smallest absolute Gasteiger partial charge is 0.303 e. The van der Waals surface area contributed by atoms with Crippen molar-refractivity contribution in [1.29, 1.82) is 0 Å². The van der Waals surface area contributed by atoms with Crippen molar-refractivity contribution in [3.05, 3.63) is 0 Å². The minimum Gasteiger partial charge on any atom is -0.481 e. The Hall–Kier alpha value is -0.280. The van der Waals surface area contributed by atoms with Crippen LogP contribution in [0.1, 0.15) is 26.2 Å². The van der Waals surface area contributed by atoms with E-state index in [-0.39, 0.29) is 12.4 Å². The molecule has 0 radical (unpaired) electrons. The molecule has 1 saturated heterocycles.